The van der Waals surface area contributed by atoms with E-state index in [0.717, 1.165) is 5.39 Å². The van der Waals surface area contributed by atoms with Gasteiger partial charge in [-0.2, -0.15) is 0 Å². The zero-order valence-corrected chi connectivity index (χ0v) is 11.5. The van der Waals surface area contributed by atoms with Gasteiger partial charge in [0.2, 0.25) is 0 Å². The van der Waals surface area contributed by atoms with E-state index in [1.165, 1.54) is 10.8 Å². The molecule has 0 saturated carbocycles. The number of nitrogens with two attached hydrogens (primary N) is 1. The number of nitrogen functional groups attached to an aromatic ring is 1. The normalized spacial score (nSPS) is 11.8. The van der Waals surface area contributed by atoms with Gasteiger partial charge in [0.05, 0.1) is 5.75 Å². The van der Waals surface area contributed by atoms with E-state index < -0.39 is 9.84 Å². The average Bonchev–Trinajstić information content (AvgIpc) is 2.32. The average molecular weight is 280 g/mol. The van der Waals surface area contributed by atoms with Gasteiger partial charge in [0.15, 0.2) is 0 Å². The fraction of sp³-hybridized carbons (Fsp3) is 0.308. The molecule has 0 atom stereocenters. The predicted molar refractivity (Wildman–Crippen MR) is 76.9 cm³/mol. The largest absolute Gasteiger partial charge is 0.385 e. The Labute approximate surface area is 111 Å². The second kappa shape index (κ2) is 5.05. The Balaban J connectivity index is 2.36. The molecule has 1 heterocycles. The molecule has 0 spiro atoms. The summed E-state index contributed by atoms with van der Waals surface area (Å²) in [7, 11) is -3.02. The van der Waals surface area contributed by atoms with Crippen LogP contribution in [0.2, 0.25) is 0 Å². The summed E-state index contributed by atoms with van der Waals surface area (Å²) in [6, 6.07) is 8.94. The van der Waals surface area contributed by atoms with Crippen LogP contribution in [-0.4, -0.2) is 25.0 Å². The molecule has 2 aromatic rings. The fourth-order valence-corrected chi connectivity index (χ4v) is 2.69. The van der Waals surface area contributed by atoms with Crippen molar-refractivity contribution in [1.82, 2.24) is 4.57 Å². The number of pyridine rings is 1. The van der Waals surface area contributed by atoms with Crippen molar-refractivity contribution in [2.75, 3.05) is 17.7 Å². The van der Waals surface area contributed by atoms with Crippen LogP contribution in [0.5, 0.6) is 0 Å². The van der Waals surface area contributed by atoms with Gasteiger partial charge in [-0.1, -0.05) is 18.2 Å². The maximum absolute atomic E-state index is 12.2. The van der Waals surface area contributed by atoms with E-state index in [4.69, 9.17) is 5.73 Å². The van der Waals surface area contributed by atoms with Crippen molar-refractivity contribution < 1.29 is 8.42 Å². The number of fused-ring (bicyclic) bond motifs is 1. The number of benzene rings is 1. The van der Waals surface area contributed by atoms with Crippen molar-refractivity contribution in [1.29, 1.82) is 0 Å². The maximum atomic E-state index is 12.2. The van der Waals surface area contributed by atoms with E-state index in [2.05, 4.69) is 0 Å². The molecule has 2 N–H and O–H groups in total. The summed E-state index contributed by atoms with van der Waals surface area (Å²) in [6.07, 6.45) is 1.56. The van der Waals surface area contributed by atoms with Crippen molar-refractivity contribution >= 4 is 26.4 Å². The number of hydrogen-bond acceptors (Lipinski definition) is 4. The molecule has 0 amide bonds. The summed E-state index contributed by atoms with van der Waals surface area (Å²) < 4.78 is 23.6. The van der Waals surface area contributed by atoms with E-state index in [0.29, 0.717) is 24.2 Å². The zero-order chi connectivity index (χ0) is 14.0. The van der Waals surface area contributed by atoms with Gasteiger partial charge in [0.1, 0.15) is 15.7 Å². The number of anilines is 1. The highest BCUT2D eigenvalue weighted by Crippen LogP contribution is 2.13. The third-order valence-electron chi connectivity index (χ3n) is 2.95. The Morgan fingerprint density at radius 3 is 2.63 bits per heavy atom. The summed E-state index contributed by atoms with van der Waals surface area (Å²) in [6.45, 7) is 0.308. The van der Waals surface area contributed by atoms with Crippen LogP contribution >= 0.6 is 0 Å². The molecule has 1 aromatic heterocycles. The predicted octanol–water partition coefficient (Wildman–Crippen LogP) is 1.02. The molecular formula is C13H16N2O3S. The summed E-state index contributed by atoms with van der Waals surface area (Å²) in [5.41, 5.74) is 5.67. The molecule has 0 radical (unpaired) electrons. The van der Waals surface area contributed by atoms with Crippen molar-refractivity contribution in [2.24, 2.45) is 0 Å². The van der Waals surface area contributed by atoms with Crippen LogP contribution in [0.15, 0.2) is 35.1 Å². The Kier molecular flexibility index (Phi) is 3.61. The van der Waals surface area contributed by atoms with Crippen LogP contribution < -0.4 is 11.3 Å². The Hall–Kier alpha value is -1.82. The van der Waals surface area contributed by atoms with Crippen molar-refractivity contribution in [3.8, 4) is 0 Å². The van der Waals surface area contributed by atoms with E-state index in [1.54, 1.807) is 18.2 Å². The molecule has 0 saturated heterocycles. The van der Waals surface area contributed by atoms with Crippen molar-refractivity contribution in [2.45, 2.75) is 13.0 Å². The standard InChI is InChI=1S/C13H16N2O3S/c1-19(17,18)8-4-7-15-12(14)9-10-5-2-3-6-11(10)13(15)16/h2-3,5-6,9H,4,7-8,14H2,1H3. The number of hydrogen-bond donors (Lipinski definition) is 1. The minimum Gasteiger partial charge on any atom is -0.385 e. The first-order chi connectivity index (χ1) is 8.88. The Bertz CT molecular complexity index is 763. The van der Waals surface area contributed by atoms with Crippen LogP contribution in [0, 0.1) is 0 Å². The van der Waals surface area contributed by atoms with Crippen molar-refractivity contribution in [3.05, 3.63) is 40.7 Å². The number of nitrogens with zero attached hydrogens (tertiary/aromatic N) is 1. The lowest BCUT2D eigenvalue weighted by atomic mass is 10.1. The smallest absolute Gasteiger partial charge is 0.259 e. The van der Waals surface area contributed by atoms with Gasteiger partial charge in [0, 0.05) is 18.2 Å². The zero-order valence-electron chi connectivity index (χ0n) is 10.7. The van der Waals surface area contributed by atoms with Gasteiger partial charge >= 0.3 is 0 Å². The topological polar surface area (TPSA) is 82.2 Å². The monoisotopic (exact) mass is 280 g/mol. The molecule has 0 fully saturated rings. The molecule has 5 nitrogen and oxygen atoms in total. The molecule has 6 heteroatoms. The van der Waals surface area contributed by atoms with Gasteiger partial charge in [-0.3, -0.25) is 9.36 Å². The first-order valence-corrected chi connectivity index (χ1v) is 8.00. The molecule has 102 valence electrons. The highest BCUT2D eigenvalue weighted by atomic mass is 32.2. The van der Waals surface area contributed by atoms with E-state index in [-0.39, 0.29) is 11.3 Å². The van der Waals surface area contributed by atoms with Gasteiger partial charge < -0.3 is 5.73 Å². The number of sulfone groups is 1. The van der Waals surface area contributed by atoms with Crippen LogP contribution in [0.3, 0.4) is 0 Å². The maximum Gasteiger partial charge on any atom is 0.259 e. The first-order valence-electron chi connectivity index (χ1n) is 5.94. The second-order valence-electron chi connectivity index (χ2n) is 4.60. The van der Waals surface area contributed by atoms with Crippen molar-refractivity contribution in [3.63, 3.8) is 0 Å². The molecule has 0 aliphatic heterocycles. The second-order valence-corrected chi connectivity index (χ2v) is 6.86. The quantitative estimate of drug-likeness (QED) is 0.906. The molecule has 0 unspecified atom stereocenters. The minimum absolute atomic E-state index is 0.0473. The van der Waals surface area contributed by atoms with Gasteiger partial charge in [-0.25, -0.2) is 8.42 Å². The van der Waals surface area contributed by atoms with Crippen LogP contribution in [0.25, 0.3) is 10.8 Å². The lowest BCUT2D eigenvalue weighted by molar-refractivity contribution is 0.591. The van der Waals surface area contributed by atoms with Crippen LogP contribution in [-0.2, 0) is 16.4 Å². The highest BCUT2D eigenvalue weighted by Gasteiger charge is 2.08. The molecule has 0 aliphatic carbocycles. The van der Waals surface area contributed by atoms with Gasteiger partial charge in [0.25, 0.3) is 5.56 Å². The number of rotatable bonds is 4. The third kappa shape index (κ3) is 3.14. The molecular weight excluding hydrogens is 264 g/mol. The molecule has 2 rings (SSSR count). The summed E-state index contributed by atoms with van der Waals surface area (Å²) in [4.78, 5) is 12.2. The number of aromatic nitrogens is 1. The lowest BCUT2D eigenvalue weighted by Crippen LogP contribution is -2.24. The van der Waals surface area contributed by atoms with Gasteiger partial charge in [-0.15, -0.1) is 0 Å². The fourth-order valence-electron chi connectivity index (χ4n) is 2.03. The highest BCUT2D eigenvalue weighted by molar-refractivity contribution is 7.90. The van der Waals surface area contributed by atoms with E-state index in [9.17, 15) is 13.2 Å². The van der Waals surface area contributed by atoms with Crippen LogP contribution in [0.1, 0.15) is 6.42 Å². The molecule has 1 aromatic carbocycles. The summed E-state index contributed by atoms with van der Waals surface area (Å²) >= 11 is 0. The SMILES string of the molecule is CS(=O)(=O)CCCn1c(N)cc2ccccc2c1=O. The molecule has 19 heavy (non-hydrogen) atoms. The van der Waals surface area contributed by atoms with E-state index in [1.807, 2.05) is 12.1 Å². The van der Waals surface area contributed by atoms with Gasteiger partial charge in [-0.05, 0) is 23.9 Å². The Morgan fingerprint density at radius 2 is 1.95 bits per heavy atom. The molecule has 0 aliphatic rings. The minimum atomic E-state index is -3.02. The van der Waals surface area contributed by atoms with Crippen LogP contribution in [0.4, 0.5) is 5.82 Å². The summed E-state index contributed by atoms with van der Waals surface area (Å²) in [5, 5.41) is 1.39. The Morgan fingerprint density at radius 1 is 1.26 bits per heavy atom. The third-order valence-corrected chi connectivity index (χ3v) is 3.98. The van der Waals surface area contributed by atoms with E-state index >= 15 is 0 Å². The molecule has 0 bridgehead atoms. The lowest BCUT2D eigenvalue weighted by Gasteiger charge is -2.10. The summed E-state index contributed by atoms with van der Waals surface area (Å²) in [5.74, 6) is 0.406. The first kappa shape index (κ1) is 13.6.